The summed E-state index contributed by atoms with van der Waals surface area (Å²) in [5.41, 5.74) is 0. The van der Waals surface area contributed by atoms with Gasteiger partial charge < -0.3 is 4.74 Å². The van der Waals surface area contributed by atoms with E-state index in [4.69, 9.17) is 0 Å². The number of carbonyl (C=O) groups is 2. The van der Waals surface area contributed by atoms with Crippen molar-refractivity contribution in [3.8, 4) is 0 Å². The number of hydrogen-bond acceptors (Lipinski definition) is 3. The molecule has 3 heteroatoms. The lowest BCUT2D eigenvalue weighted by molar-refractivity contribution is -0.144. The Kier molecular flexibility index (Phi) is 15.4. The average Bonchev–Trinajstić information content (AvgIpc) is 2.49. The third-order valence-corrected chi connectivity index (χ3v) is 3.70. The van der Waals surface area contributed by atoms with Gasteiger partial charge in [-0.1, -0.05) is 77.2 Å². The molecule has 0 saturated heterocycles. The zero-order chi connectivity index (χ0) is 16.5. The molecule has 0 atom stereocenters. The normalized spacial score (nSPS) is 11.0. The minimum absolute atomic E-state index is 0.135. The van der Waals surface area contributed by atoms with Gasteiger partial charge in [-0.15, -0.1) is 0 Å². The van der Waals surface area contributed by atoms with Crippen LogP contribution in [0.5, 0.6) is 0 Å². The van der Waals surface area contributed by atoms with Crippen molar-refractivity contribution in [3.05, 3.63) is 12.2 Å². The zero-order valence-corrected chi connectivity index (χ0v) is 14.6. The van der Waals surface area contributed by atoms with Crippen LogP contribution in [0.3, 0.4) is 0 Å². The summed E-state index contributed by atoms with van der Waals surface area (Å²) in [4.78, 5) is 21.8. The van der Waals surface area contributed by atoms with E-state index in [2.05, 4.69) is 11.7 Å². The Balaban J connectivity index is 3.22. The zero-order valence-electron chi connectivity index (χ0n) is 14.6. The Labute approximate surface area is 136 Å². The summed E-state index contributed by atoms with van der Waals surface area (Å²) in [6.07, 6.45) is 19.0. The fourth-order valence-electron chi connectivity index (χ4n) is 2.36. The van der Waals surface area contributed by atoms with Crippen molar-refractivity contribution in [2.75, 3.05) is 6.61 Å². The quantitative estimate of drug-likeness (QED) is 0.232. The van der Waals surface area contributed by atoms with E-state index < -0.39 is 5.97 Å². The van der Waals surface area contributed by atoms with Gasteiger partial charge in [-0.2, -0.15) is 0 Å². The Morgan fingerprint density at radius 3 is 1.82 bits per heavy atom. The summed E-state index contributed by atoms with van der Waals surface area (Å²) in [6.45, 7) is 3.43. The fraction of sp³-hybridized carbons (Fsp3) is 0.789. The molecule has 0 aliphatic rings. The van der Waals surface area contributed by atoms with Crippen LogP contribution in [0.15, 0.2) is 12.2 Å². The standard InChI is InChI=1S/C19H34O3/c1-3-4-5-6-7-8-9-10-11-12-13-14-15-16-19(21)17-22-18(2)20/h15-16H,3-14,17H2,1-2H3. The second-order valence-electron chi connectivity index (χ2n) is 5.97. The number of unbranched alkanes of at least 4 members (excludes halogenated alkanes) is 11. The van der Waals surface area contributed by atoms with Crippen LogP contribution < -0.4 is 0 Å². The molecular formula is C19H34O3. The molecule has 0 amide bonds. The van der Waals surface area contributed by atoms with Crippen LogP contribution in [0.4, 0.5) is 0 Å². The second-order valence-corrected chi connectivity index (χ2v) is 5.97. The summed E-state index contributed by atoms with van der Waals surface area (Å²) < 4.78 is 4.63. The lowest BCUT2D eigenvalue weighted by Gasteiger charge is -2.01. The molecule has 0 N–H and O–H groups in total. The molecule has 0 aliphatic heterocycles. The van der Waals surface area contributed by atoms with E-state index in [-0.39, 0.29) is 12.4 Å². The molecule has 0 aromatic carbocycles. The molecule has 0 unspecified atom stereocenters. The third-order valence-electron chi connectivity index (χ3n) is 3.70. The first-order chi connectivity index (χ1) is 10.7. The van der Waals surface area contributed by atoms with E-state index in [1.165, 1.54) is 77.2 Å². The molecule has 0 saturated carbocycles. The Morgan fingerprint density at radius 1 is 0.818 bits per heavy atom. The second kappa shape index (κ2) is 16.3. The first-order valence-electron chi connectivity index (χ1n) is 8.99. The predicted molar refractivity (Wildman–Crippen MR) is 91.9 cm³/mol. The number of allylic oxidation sites excluding steroid dienone is 1. The topological polar surface area (TPSA) is 43.4 Å². The largest absolute Gasteiger partial charge is 0.457 e. The summed E-state index contributed by atoms with van der Waals surface area (Å²) in [5.74, 6) is -0.551. The van der Waals surface area contributed by atoms with Crippen LogP contribution >= 0.6 is 0 Å². The van der Waals surface area contributed by atoms with Gasteiger partial charge in [0.2, 0.25) is 0 Å². The van der Waals surface area contributed by atoms with Gasteiger partial charge >= 0.3 is 5.97 Å². The monoisotopic (exact) mass is 310 g/mol. The lowest BCUT2D eigenvalue weighted by atomic mass is 10.1. The summed E-state index contributed by atoms with van der Waals surface area (Å²) in [5, 5.41) is 0. The van der Waals surface area contributed by atoms with Crippen LogP contribution in [-0.4, -0.2) is 18.4 Å². The van der Waals surface area contributed by atoms with Crippen LogP contribution in [0.25, 0.3) is 0 Å². The molecule has 128 valence electrons. The SMILES string of the molecule is CCCCCCCCCCCCCC=CC(=O)COC(C)=O. The van der Waals surface area contributed by atoms with Crippen molar-refractivity contribution < 1.29 is 14.3 Å². The van der Waals surface area contributed by atoms with Gasteiger partial charge in [0.1, 0.15) is 0 Å². The molecule has 0 aromatic heterocycles. The summed E-state index contributed by atoms with van der Waals surface area (Å²) in [7, 11) is 0. The number of hydrogen-bond donors (Lipinski definition) is 0. The van der Waals surface area contributed by atoms with E-state index in [1.54, 1.807) is 0 Å². The Morgan fingerprint density at radius 2 is 1.32 bits per heavy atom. The highest BCUT2D eigenvalue weighted by atomic mass is 16.5. The molecule has 0 aromatic rings. The van der Waals surface area contributed by atoms with Gasteiger partial charge in [-0.25, -0.2) is 0 Å². The maximum absolute atomic E-state index is 11.3. The smallest absolute Gasteiger partial charge is 0.303 e. The van der Waals surface area contributed by atoms with Crippen molar-refractivity contribution >= 4 is 11.8 Å². The maximum Gasteiger partial charge on any atom is 0.303 e. The highest BCUT2D eigenvalue weighted by Crippen LogP contribution is 2.11. The summed E-state index contributed by atoms with van der Waals surface area (Å²) >= 11 is 0. The number of ether oxygens (including phenoxy) is 1. The lowest BCUT2D eigenvalue weighted by Crippen LogP contribution is -2.08. The van der Waals surface area contributed by atoms with Crippen molar-refractivity contribution in [1.29, 1.82) is 0 Å². The fourth-order valence-corrected chi connectivity index (χ4v) is 2.36. The van der Waals surface area contributed by atoms with Gasteiger partial charge in [-0.05, 0) is 18.9 Å². The molecule has 0 fully saturated rings. The molecule has 0 aliphatic carbocycles. The van der Waals surface area contributed by atoms with Crippen LogP contribution in [-0.2, 0) is 14.3 Å². The highest BCUT2D eigenvalue weighted by Gasteiger charge is 1.98. The highest BCUT2D eigenvalue weighted by molar-refractivity contribution is 5.91. The minimum atomic E-state index is -0.410. The van der Waals surface area contributed by atoms with Crippen LogP contribution in [0, 0.1) is 0 Å². The number of carbonyl (C=O) groups excluding carboxylic acids is 2. The van der Waals surface area contributed by atoms with Crippen LogP contribution in [0.2, 0.25) is 0 Å². The van der Waals surface area contributed by atoms with E-state index in [1.807, 2.05) is 6.08 Å². The first-order valence-corrected chi connectivity index (χ1v) is 8.99. The molecule has 0 bridgehead atoms. The van der Waals surface area contributed by atoms with Crippen LogP contribution in [0.1, 0.15) is 90.9 Å². The van der Waals surface area contributed by atoms with Gasteiger partial charge in [0.15, 0.2) is 12.4 Å². The van der Waals surface area contributed by atoms with E-state index >= 15 is 0 Å². The molecule has 0 rings (SSSR count). The molecular weight excluding hydrogens is 276 g/mol. The van der Waals surface area contributed by atoms with Gasteiger partial charge in [0, 0.05) is 6.92 Å². The molecule has 0 radical (unpaired) electrons. The maximum atomic E-state index is 11.3. The van der Waals surface area contributed by atoms with E-state index in [0.717, 1.165) is 12.8 Å². The van der Waals surface area contributed by atoms with E-state index in [0.29, 0.717) is 0 Å². The molecule has 0 heterocycles. The Bertz CT molecular complexity index is 308. The van der Waals surface area contributed by atoms with Crippen molar-refractivity contribution in [3.63, 3.8) is 0 Å². The number of ketones is 1. The minimum Gasteiger partial charge on any atom is -0.457 e. The van der Waals surface area contributed by atoms with E-state index in [9.17, 15) is 9.59 Å². The molecule has 3 nitrogen and oxygen atoms in total. The van der Waals surface area contributed by atoms with Crippen molar-refractivity contribution in [2.24, 2.45) is 0 Å². The average molecular weight is 310 g/mol. The Hall–Kier alpha value is -1.12. The third kappa shape index (κ3) is 16.9. The van der Waals surface area contributed by atoms with Gasteiger partial charge in [0.25, 0.3) is 0 Å². The predicted octanol–water partition coefficient (Wildman–Crippen LogP) is 5.38. The molecule has 0 spiro atoms. The van der Waals surface area contributed by atoms with Gasteiger partial charge in [-0.3, -0.25) is 9.59 Å². The number of rotatable bonds is 15. The summed E-state index contributed by atoms with van der Waals surface area (Å²) in [6, 6.07) is 0. The number of esters is 1. The molecule has 22 heavy (non-hydrogen) atoms. The van der Waals surface area contributed by atoms with Crippen molar-refractivity contribution in [1.82, 2.24) is 0 Å². The van der Waals surface area contributed by atoms with Crippen molar-refractivity contribution in [2.45, 2.75) is 90.9 Å². The van der Waals surface area contributed by atoms with Gasteiger partial charge in [0.05, 0.1) is 0 Å². The first kappa shape index (κ1) is 20.9.